The van der Waals surface area contributed by atoms with Crippen molar-refractivity contribution >= 4 is 22.6 Å². The predicted molar refractivity (Wildman–Crippen MR) is 86.3 cm³/mol. The van der Waals surface area contributed by atoms with E-state index in [1.54, 1.807) is 0 Å². The van der Waals surface area contributed by atoms with Crippen LogP contribution >= 0.6 is 11.6 Å². The molecule has 1 unspecified atom stereocenters. The molecule has 0 amide bonds. The fourth-order valence-corrected chi connectivity index (χ4v) is 3.01. The lowest BCUT2D eigenvalue weighted by molar-refractivity contribution is 0.289. The Kier molecular flexibility index (Phi) is 5.06. The first kappa shape index (κ1) is 15.3. The lowest BCUT2D eigenvalue weighted by Crippen LogP contribution is -2.26. The van der Waals surface area contributed by atoms with Gasteiger partial charge in [-0.1, -0.05) is 26.0 Å². The quantitative estimate of drug-likeness (QED) is 0.753. The molecule has 1 aromatic carbocycles. The highest BCUT2D eigenvalue weighted by molar-refractivity contribution is 6.16. The third-order valence-electron chi connectivity index (χ3n) is 3.47. The van der Waals surface area contributed by atoms with Gasteiger partial charge in [-0.15, -0.1) is 11.6 Å². The van der Waals surface area contributed by atoms with Gasteiger partial charge < -0.3 is 9.47 Å². The molecule has 2 rings (SSSR count). The second-order valence-electron chi connectivity index (χ2n) is 6.07. The molecule has 0 saturated heterocycles. The maximum atomic E-state index is 6.12. The summed E-state index contributed by atoms with van der Waals surface area (Å²) in [6, 6.07) is 8.71. The van der Waals surface area contributed by atoms with Crippen molar-refractivity contribution in [1.29, 1.82) is 0 Å². The Balaban J connectivity index is 2.49. The molecule has 0 radical (unpaired) electrons. The van der Waals surface area contributed by atoms with Crippen molar-refractivity contribution in [3.63, 3.8) is 0 Å². The largest absolute Gasteiger partial charge is 0.323 e. The molecule has 0 aliphatic rings. The minimum Gasteiger partial charge on any atom is -0.323 e. The zero-order valence-corrected chi connectivity index (χ0v) is 13.6. The number of para-hydroxylation sites is 2. The van der Waals surface area contributed by atoms with E-state index in [0.29, 0.717) is 17.8 Å². The van der Waals surface area contributed by atoms with E-state index in [2.05, 4.69) is 60.6 Å². The average molecular weight is 294 g/mol. The van der Waals surface area contributed by atoms with E-state index in [0.717, 1.165) is 24.3 Å². The summed E-state index contributed by atoms with van der Waals surface area (Å²) in [5, 5.41) is 0. The van der Waals surface area contributed by atoms with Crippen LogP contribution in [-0.4, -0.2) is 35.1 Å². The highest BCUT2D eigenvalue weighted by Gasteiger charge is 2.20. The Hall–Kier alpha value is -1.06. The maximum Gasteiger partial charge on any atom is 0.125 e. The SMILES string of the molecule is CC(C)CC(CN(C)C)n1c(CCl)nc2ccccc21. The summed E-state index contributed by atoms with van der Waals surface area (Å²) < 4.78 is 2.34. The van der Waals surface area contributed by atoms with Gasteiger partial charge in [-0.05, 0) is 38.6 Å². The smallest absolute Gasteiger partial charge is 0.125 e. The van der Waals surface area contributed by atoms with Crippen LogP contribution < -0.4 is 0 Å². The first-order valence-corrected chi connectivity index (χ1v) is 7.73. The Morgan fingerprint density at radius 2 is 1.95 bits per heavy atom. The molecule has 20 heavy (non-hydrogen) atoms. The number of aromatic nitrogens is 2. The average Bonchev–Trinajstić information content (AvgIpc) is 2.75. The van der Waals surface area contributed by atoms with E-state index in [-0.39, 0.29) is 0 Å². The molecule has 1 heterocycles. The minimum absolute atomic E-state index is 0.408. The van der Waals surface area contributed by atoms with Crippen LogP contribution in [0.25, 0.3) is 11.0 Å². The van der Waals surface area contributed by atoms with Gasteiger partial charge in [0.25, 0.3) is 0 Å². The van der Waals surface area contributed by atoms with E-state index < -0.39 is 0 Å². The number of hydrogen-bond donors (Lipinski definition) is 0. The zero-order valence-electron chi connectivity index (χ0n) is 12.8. The molecule has 2 aromatic rings. The Bertz CT molecular complexity index is 550. The van der Waals surface area contributed by atoms with Gasteiger partial charge in [-0.2, -0.15) is 0 Å². The summed E-state index contributed by atoms with van der Waals surface area (Å²) >= 11 is 6.12. The van der Waals surface area contributed by atoms with Crippen molar-refractivity contribution in [2.75, 3.05) is 20.6 Å². The minimum atomic E-state index is 0.408. The first-order valence-electron chi connectivity index (χ1n) is 7.19. The van der Waals surface area contributed by atoms with Crippen LogP contribution in [0.3, 0.4) is 0 Å². The molecule has 1 aromatic heterocycles. The van der Waals surface area contributed by atoms with Crippen LogP contribution in [0.4, 0.5) is 0 Å². The van der Waals surface area contributed by atoms with Crippen molar-refractivity contribution in [3.8, 4) is 0 Å². The van der Waals surface area contributed by atoms with Gasteiger partial charge in [0.2, 0.25) is 0 Å². The predicted octanol–water partition coefficient (Wildman–Crippen LogP) is 3.92. The monoisotopic (exact) mass is 293 g/mol. The van der Waals surface area contributed by atoms with E-state index in [4.69, 9.17) is 11.6 Å². The maximum absolute atomic E-state index is 6.12. The number of hydrogen-bond acceptors (Lipinski definition) is 2. The van der Waals surface area contributed by atoms with Crippen LogP contribution in [0.15, 0.2) is 24.3 Å². The molecular weight excluding hydrogens is 270 g/mol. The van der Waals surface area contributed by atoms with E-state index in [1.165, 1.54) is 5.52 Å². The van der Waals surface area contributed by atoms with E-state index in [9.17, 15) is 0 Å². The number of nitrogens with zero attached hydrogens (tertiary/aromatic N) is 3. The third-order valence-corrected chi connectivity index (χ3v) is 3.71. The first-order chi connectivity index (χ1) is 9.52. The van der Waals surface area contributed by atoms with Gasteiger partial charge in [0.1, 0.15) is 5.82 Å². The molecule has 1 atom stereocenters. The fraction of sp³-hybridized carbons (Fsp3) is 0.562. The lowest BCUT2D eigenvalue weighted by Gasteiger charge is -2.26. The van der Waals surface area contributed by atoms with Crippen LogP contribution in [0, 0.1) is 5.92 Å². The van der Waals surface area contributed by atoms with Crippen molar-refractivity contribution in [2.24, 2.45) is 5.92 Å². The summed E-state index contributed by atoms with van der Waals surface area (Å²) in [4.78, 5) is 6.92. The third kappa shape index (κ3) is 3.33. The van der Waals surface area contributed by atoms with Crippen molar-refractivity contribution in [2.45, 2.75) is 32.2 Å². The molecule has 4 heteroatoms. The van der Waals surface area contributed by atoms with Crippen LogP contribution in [0.5, 0.6) is 0 Å². The van der Waals surface area contributed by atoms with Gasteiger partial charge in [0.15, 0.2) is 0 Å². The number of alkyl halides is 1. The number of rotatable bonds is 6. The topological polar surface area (TPSA) is 21.1 Å². The standard InChI is InChI=1S/C16H24ClN3/c1-12(2)9-13(11-19(3)4)20-15-8-6-5-7-14(15)18-16(20)10-17/h5-8,12-13H,9-11H2,1-4H3. The van der Waals surface area contributed by atoms with Gasteiger partial charge >= 0.3 is 0 Å². The molecule has 0 bridgehead atoms. The van der Waals surface area contributed by atoms with Gasteiger partial charge in [0.05, 0.1) is 16.9 Å². The number of fused-ring (bicyclic) bond motifs is 1. The van der Waals surface area contributed by atoms with Gasteiger partial charge in [0, 0.05) is 12.6 Å². The molecule has 0 fully saturated rings. The summed E-state index contributed by atoms with van der Waals surface area (Å²) in [5.41, 5.74) is 2.23. The Morgan fingerprint density at radius 1 is 1.25 bits per heavy atom. The second kappa shape index (κ2) is 6.59. The van der Waals surface area contributed by atoms with Crippen LogP contribution in [0.2, 0.25) is 0 Å². The Morgan fingerprint density at radius 3 is 2.55 bits per heavy atom. The van der Waals surface area contributed by atoms with E-state index >= 15 is 0 Å². The van der Waals surface area contributed by atoms with Crippen molar-refractivity contribution < 1.29 is 0 Å². The highest BCUT2D eigenvalue weighted by atomic mass is 35.5. The molecule has 0 aliphatic heterocycles. The van der Waals surface area contributed by atoms with Crippen molar-refractivity contribution in [1.82, 2.24) is 14.5 Å². The second-order valence-corrected chi connectivity index (χ2v) is 6.33. The zero-order chi connectivity index (χ0) is 14.7. The molecule has 0 aliphatic carbocycles. The van der Waals surface area contributed by atoms with Crippen LogP contribution in [0.1, 0.15) is 32.1 Å². The summed E-state index contributed by atoms with van der Waals surface area (Å²) in [6.07, 6.45) is 1.13. The van der Waals surface area contributed by atoms with Gasteiger partial charge in [-0.3, -0.25) is 0 Å². The molecular formula is C16H24ClN3. The highest BCUT2D eigenvalue weighted by Crippen LogP contribution is 2.27. The number of benzene rings is 1. The van der Waals surface area contributed by atoms with E-state index in [1.807, 2.05) is 6.07 Å². The molecule has 3 nitrogen and oxygen atoms in total. The number of likely N-dealkylation sites (N-methyl/N-ethyl adjacent to an activating group) is 1. The summed E-state index contributed by atoms with van der Waals surface area (Å²) in [7, 11) is 4.24. The summed E-state index contributed by atoms with van der Waals surface area (Å²) in [6.45, 7) is 5.53. The Labute approximate surface area is 126 Å². The van der Waals surface area contributed by atoms with Crippen LogP contribution in [-0.2, 0) is 5.88 Å². The molecule has 110 valence electrons. The molecule has 0 spiro atoms. The number of imidazole rings is 1. The van der Waals surface area contributed by atoms with Gasteiger partial charge in [-0.25, -0.2) is 4.98 Å². The molecule has 0 saturated carbocycles. The fourth-order valence-electron chi connectivity index (χ4n) is 2.82. The molecule has 0 N–H and O–H groups in total. The normalized spacial score (nSPS) is 13.6. The summed E-state index contributed by atoms with van der Waals surface area (Å²) in [5.74, 6) is 2.07. The van der Waals surface area contributed by atoms with Crippen molar-refractivity contribution in [3.05, 3.63) is 30.1 Å². The number of halogens is 1. The lowest BCUT2D eigenvalue weighted by atomic mass is 10.0.